The maximum atomic E-state index is 6.20. The average Bonchev–Trinajstić information content (AvgIpc) is 2.70. The Balaban J connectivity index is 2.34. The molecule has 1 aromatic carbocycles. The molecule has 0 spiro atoms. The first-order valence-electron chi connectivity index (χ1n) is 5.32. The van der Waals surface area contributed by atoms with Gasteiger partial charge in [-0.1, -0.05) is 29.8 Å². The smallest absolute Gasteiger partial charge is 0.155 e. The van der Waals surface area contributed by atoms with E-state index in [-0.39, 0.29) is 0 Å². The molecule has 0 radical (unpaired) electrons. The molecule has 2 heterocycles. The van der Waals surface area contributed by atoms with Crippen molar-refractivity contribution >= 4 is 17.2 Å². The van der Waals surface area contributed by atoms with Crippen LogP contribution in [0.25, 0.3) is 16.9 Å². The molecule has 0 fully saturated rings. The minimum absolute atomic E-state index is 0.716. The standard InChI is InChI=1S/C13H10ClN3/c1-9-8-13-15-7-6-12(17(13)16-9)10-4-2-3-5-11(10)14/h2-8H,1H3. The summed E-state index contributed by atoms with van der Waals surface area (Å²) in [5.41, 5.74) is 3.69. The van der Waals surface area contributed by atoms with Crippen LogP contribution in [0.1, 0.15) is 5.69 Å². The number of fused-ring (bicyclic) bond motifs is 1. The quantitative estimate of drug-likeness (QED) is 0.656. The number of benzene rings is 1. The zero-order valence-electron chi connectivity index (χ0n) is 9.26. The Morgan fingerprint density at radius 1 is 1.18 bits per heavy atom. The van der Waals surface area contributed by atoms with E-state index >= 15 is 0 Å². The summed E-state index contributed by atoms with van der Waals surface area (Å²) in [6.07, 6.45) is 1.77. The summed E-state index contributed by atoms with van der Waals surface area (Å²) in [5, 5.41) is 5.14. The molecule has 0 aliphatic rings. The van der Waals surface area contributed by atoms with Crippen molar-refractivity contribution in [3.05, 3.63) is 53.3 Å². The normalized spacial score (nSPS) is 10.9. The predicted octanol–water partition coefficient (Wildman–Crippen LogP) is 3.36. The summed E-state index contributed by atoms with van der Waals surface area (Å²) in [6.45, 7) is 1.95. The first-order chi connectivity index (χ1) is 8.25. The van der Waals surface area contributed by atoms with Crippen LogP contribution in [0, 0.1) is 6.92 Å². The van der Waals surface area contributed by atoms with E-state index in [9.17, 15) is 0 Å². The van der Waals surface area contributed by atoms with Crippen molar-refractivity contribution in [1.82, 2.24) is 14.6 Å². The van der Waals surface area contributed by atoms with E-state index in [4.69, 9.17) is 11.6 Å². The van der Waals surface area contributed by atoms with Crippen LogP contribution in [-0.4, -0.2) is 14.6 Å². The molecule has 0 unspecified atom stereocenters. The second kappa shape index (κ2) is 3.86. The fraction of sp³-hybridized carbons (Fsp3) is 0.0769. The first-order valence-corrected chi connectivity index (χ1v) is 5.70. The second-order valence-corrected chi connectivity index (χ2v) is 4.27. The molecule has 2 aromatic heterocycles. The van der Waals surface area contributed by atoms with Gasteiger partial charge >= 0.3 is 0 Å². The molecule has 0 saturated heterocycles. The summed E-state index contributed by atoms with van der Waals surface area (Å²) < 4.78 is 1.82. The van der Waals surface area contributed by atoms with Crippen LogP contribution in [-0.2, 0) is 0 Å². The van der Waals surface area contributed by atoms with Crippen LogP contribution < -0.4 is 0 Å². The highest BCUT2D eigenvalue weighted by Gasteiger charge is 2.08. The highest BCUT2D eigenvalue weighted by atomic mass is 35.5. The van der Waals surface area contributed by atoms with Crippen LogP contribution >= 0.6 is 11.6 Å². The maximum absolute atomic E-state index is 6.20. The lowest BCUT2D eigenvalue weighted by Crippen LogP contribution is -1.95. The molecule has 0 amide bonds. The van der Waals surface area contributed by atoms with E-state index in [2.05, 4.69) is 10.1 Å². The largest absolute Gasteiger partial charge is 0.237 e. The zero-order chi connectivity index (χ0) is 11.8. The molecule has 0 saturated carbocycles. The van der Waals surface area contributed by atoms with E-state index in [1.807, 2.05) is 47.8 Å². The van der Waals surface area contributed by atoms with Crippen LogP contribution in [0.2, 0.25) is 5.02 Å². The van der Waals surface area contributed by atoms with Gasteiger partial charge in [0.05, 0.1) is 11.4 Å². The zero-order valence-corrected chi connectivity index (χ0v) is 10.0. The lowest BCUT2D eigenvalue weighted by molar-refractivity contribution is 0.925. The Morgan fingerprint density at radius 3 is 2.82 bits per heavy atom. The molecule has 3 nitrogen and oxygen atoms in total. The minimum atomic E-state index is 0.716. The topological polar surface area (TPSA) is 30.2 Å². The van der Waals surface area contributed by atoms with E-state index in [1.54, 1.807) is 6.20 Å². The van der Waals surface area contributed by atoms with Crippen molar-refractivity contribution in [3.8, 4) is 11.3 Å². The highest BCUT2D eigenvalue weighted by molar-refractivity contribution is 6.33. The van der Waals surface area contributed by atoms with Gasteiger partial charge in [-0.3, -0.25) is 0 Å². The van der Waals surface area contributed by atoms with Gasteiger partial charge in [0.1, 0.15) is 0 Å². The number of hydrogen-bond donors (Lipinski definition) is 0. The lowest BCUT2D eigenvalue weighted by Gasteiger charge is -2.05. The number of halogens is 1. The summed E-state index contributed by atoms with van der Waals surface area (Å²) >= 11 is 6.20. The number of nitrogens with zero attached hydrogens (tertiary/aromatic N) is 3. The molecular formula is C13H10ClN3. The lowest BCUT2D eigenvalue weighted by atomic mass is 10.1. The molecule has 0 N–H and O–H groups in total. The summed E-state index contributed by atoms with van der Waals surface area (Å²) in [6, 6.07) is 11.6. The van der Waals surface area contributed by atoms with Crippen molar-refractivity contribution < 1.29 is 0 Å². The van der Waals surface area contributed by atoms with Crippen LogP contribution in [0.5, 0.6) is 0 Å². The van der Waals surface area contributed by atoms with E-state index < -0.39 is 0 Å². The van der Waals surface area contributed by atoms with Gasteiger partial charge in [0.2, 0.25) is 0 Å². The van der Waals surface area contributed by atoms with Gasteiger partial charge in [0.15, 0.2) is 5.65 Å². The van der Waals surface area contributed by atoms with E-state index in [0.717, 1.165) is 22.6 Å². The third kappa shape index (κ3) is 1.68. The van der Waals surface area contributed by atoms with Crippen LogP contribution in [0.3, 0.4) is 0 Å². The average molecular weight is 244 g/mol. The number of aryl methyl sites for hydroxylation is 1. The van der Waals surface area contributed by atoms with Crippen LogP contribution in [0.4, 0.5) is 0 Å². The fourth-order valence-electron chi connectivity index (χ4n) is 1.88. The van der Waals surface area contributed by atoms with Crippen molar-refractivity contribution in [2.75, 3.05) is 0 Å². The van der Waals surface area contributed by atoms with Crippen molar-refractivity contribution in [2.24, 2.45) is 0 Å². The Kier molecular flexibility index (Phi) is 2.34. The minimum Gasteiger partial charge on any atom is -0.237 e. The second-order valence-electron chi connectivity index (χ2n) is 3.87. The summed E-state index contributed by atoms with van der Waals surface area (Å²) in [4.78, 5) is 4.28. The highest BCUT2D eigenvalue weighted by Crippen LogP contribution is 2.27. The van der Waals surface area contributed by atoms with Gasteiger partial charge in [-0.15, -0.1) is 0 Å². The van der Waals surface area contributed by atoms with E-state index in [1.165, 1.54) is 0 Å². The molecule has 0 aliphatic heterocycles. The molecule has 84 valence electrons. The van der Waals surface area contributed by atoms with Crippen molar-refractivity contribution in [2.45, 2.75) is 6.92 Å². The molecule has 3 rings (SSSR count). The third-order valence-electron chi connectivity index (χ3n) is 2.63. The molecule has 0 atom stereocenters. The molecule has 0 aliphatic carbocycles. The van der Waals surface area contributed by atoms with Gasteiger partial charge < -0.3 is 0 Å². The Morgan fingerprint density at radius 2 is 2.00 bits per heavy atom. The Labute approximate surface area is 104 Å². The Hall–Kier alpha value is -1.87. The van der Waals surface area contributed by atoms with Gasteiger partial charge in [-0.25, -0.2) is 9.50 Å². The SMILES string of the molecule is Cc1cc2nccc(-c3ccccc3Cl)n2n1. The molecule has 4 heteroatoms. The van der Waals surface area contributed by atoms with Gasteiger partial charge in [-0.05, 0) is 19.1 Å². The molecule has 0 bridgehead atoms. The fourth-order valence-corrected chi connectivity index (χ4v) is 2.12. The molecule has 17 heavy (non-hydrogen) atoms. The van der Waals surface area contributed by atoms with Crippen LogP contribution in [0.15, 0.2) is 42.6 Å². The summed E-state index contributed by atoms with van der Waals surface area (Å²) in [5.74, 6) is 0. The molecule has 3 aromatic rings. The van der Waals surface area contributed by atoms with Gasteiger partial charge in [0, 0.05) is 22.8 Å². The Bertz CT molecular complexity index is 688. The third-order valence-corrected chi connectivity index (χ3v) is 2.96. The number of rotatable bonds is 1. The van der Waals surface area contributed by atoms with Crippen molar-refractivity contribution in [3.63, 3.8) is 0 Å². The maximum Gasteiger partial charge on any atom is 0.155 e. The molecular weight excluding hydrogens is 234 g/mol. The van der Waals surface area contributed by atoms with E-state index in [0.29, 0.717) is 5.02 Å². The van der Waals surface area contributed by atoms with Gasteiger partial charge in [0.25, 0.3) is 0 Å². The monoisotopic (exact) mass is 243 g/mol. The predicted molar refractivity (Wildman–Crippen MR) is 68.2 cm³/mol. The van der Waals surface area contributed by atoms with Gasteiger partial charge in [-0.2, -0.15) is 5.10 Å². The number of hydrogen-bond acceptors (Lipinski definition) is 2. The number of aromatic nitrogens is 3. The summed E-state index contributed by atoms with van der Waals surface area (Å²) in [7, 11) is 0. The van der Waals surface area contributed by atoms with Crippen molar-refractivity contribution in [1.29, 1.82) is 0 Å². The first kappa shape index (κ1) is 10.3.